The fraction of sp³-hybridized carbons (Fsp3) is 0.0909. The molecule has 4 aromatic rings. The third-order valence-corrected chi connectivity index (χ3v) is 5.80. The molecule has 0 aliphatic carbocycles. The van der Waals surface area contributed by atoms with Crippen molar-refractivity contribution in [3.05, 3.63) is 72.8 Å². The van der Waals surface area contributed by atoms with E-state index in [9.17, 15) is 17.6 Å². The minimum atomic E-state index is -3.30. The highest BCUT2D eigenvalue weighted by Crippen LogP contribution is 2.30. The zero-order chi connectivity index (χ0) is 21.5. The van der Waals surface area contributed by atoms with Crippen molar-refractivity contribution >= 4 is 27.1 Å². The summed E-state index contributed by atoms with van der Waals surface area (Å²) in [6.07, 6.45) is 4.66. The number of pyridine rings is 1. The molecule has 2 aromatic carbocycles. The van der Waals surface area contributed by atoms with Crippen LogP contribution in [0.2, 0.25) is 0 Å². The predicted octanol–water partition coefficient (Wildman–Crippen LogP) is 4.17. The number of hydrogen-bond donors (Lipinski definition) is 1. The number of aromatic nitrogens is 2. The van der Waals surface area contributed by atoms with Gasteiger partial charge in [-0.25, -0.2) is 17.8 Å². The smallest absolute Gasteiger partial charge is 0.221 e. The number of hydrogen-bond acceptors (Lipinski definition) is 4. The molecule has 0 saturated carbocycles. The lowest BCUT2D eigenvalue weighted by molar-refractivity contribution is -0.114. The molecule has 2 aromatic heterocycles. The monoisotopic (exact) mass is 423 g/mol. The minimum Gasteiger partial charge on any atom is -0.323 e. The average Bonchev–Trinajstić information content (AvgIpc) is 3.12. The van der Waals surface area contributed by atoms with E-state index in [1.165, 1.54) is 19.1 Å². The molecule has 0 bridgehead atoms. The molecule has 8 heteroatoms. The number of sulfone groups is 1. The highest BCUT2D eigenvalue weighted by molar-refractivity contribution is 7.90. The highest BCUT2D eigenvalue weighted by Gasteiger charge is 2.14. The number of rotatable bonds is 4. The van der Waals surface area contributed by atoms with E-state index in [1.54, 1.807) is 48.7 Å². The van der Waals surface area contributed by atoms with Crippen LogP contribution in [0.15, 0.2) is 71.9 Å². The molecule has 0 aliphatic heterocycles. The van der Waals surface area contributed by atoms with Crippen LogP contribution in [-0.2, 0) is 14.6 Å². The number of halogens is 1. The normalized spacial score (nSPS) is 11.6. The van der Waals surface area contributed by atoms with Crippen molar-refractivity contribution in [1.82, 2.24) is 9.38 Å². The molecular weight excluding hydrogens is 405 g/mol. The Bertz CT molecular complexity index is 1360. The zero-order valence-corrected chi connectivity index (χ0v) is 17.1. The summed E-state index contributed by atoms with van der Waals surface area (Å²) < 4.78 is 38.6. The van der Waals surface area contributed by atoms with E-state index >= 15 is 0 Å². The number of benzene rings is 2. The van der Waals surface area contributed by atoms with Crippen LogP contribution in [0.1, 0.15) is 6.92 Å². The number of anilines is 1. The fourth-order valence-electron chi connectivity index (χ4n) is 3.26. The molecule has 1 amide bonds. The van der Waals surface area contributed by atoms with Gasteiger partial charge >= 0.3 is 0 Å². The average molecular weight is 423 g/mol. The Morgan fingerprint density at radius 1 is 1.00 bits per heavy atom. The van der Waals surface area contributed by atoms with Crippen molar-refractivity contribution in [2.45, 2.75) is 11.8 Å². The lowest BCUT2D eigenvalue weighted by atomic mass is 10.1. The summed E-state index contributed by atoms with van der Waals surface area (Å²) in [5.74, 6) is -0.577. The Morgan fingerprint density at radius 3 is 2.23 bits per heavy atom. The van der Waals surface area contributed by atoms with Gasteiger partial charge in [0.05, 0.1) is 22.5 Å². The third kappa shape index (κ3) is 3.81. The van der Waals surface area contributed by atoms with Gasteiger partial charge in [-0.2, -0.15) is 0 Å². The Balaban J connectivity index is 1.90. The number of carbonyl (C=O) groups is 1. The van der Waals surface area contributed by atoms with E-state index < -0.39 is 9.84 Å². The van der Waals surface area contributed by atoms with Gasteiger partial charge in [0.1, 0.15) is 5.82 Å². The van der Waals surface area contributed by atoms with Gasteiger partial charge in [0.2, 0.25) is 5.91 Å². The summed E-state index contributed by atoms with van der Waals surface area (Å²) >= 11 is 0. The second-order valence-corrected chi connectivity index (χ2v) is 8.98. The van der Waals surface area contributed by atoms with E-state index in [4.69, 9.17) is 0 Å². The van der Waals surface area contributed by atoms with Crippen molar-refractivity contribution in [2.24, 2.45) is 0 Å². The standard InChI is InChI=1S/C22H18FN3O3S/c1-14(27)25-20-11-17(15-3-7-18(23)8-4-15)13-26-21(12-24-22(20)26)16-5-9-19(10-6-16)30(2,28)29/h3-13H,1-2H3,(H,25,27). The number of carbonyl (C=O) groups excluding carboxylic acids is 1. The van der Waals surface area contributed by atoms with Crippen LogP contribution in [0.4, 0.5) is 10.1 Å². The Morgan fingerprint density at radius 2 is 1.63 bits per heavy atom. The van der Waals surface area contributed by atoms with Gasteiger partial charge in [0.15, 0.2) is 15.5 Å². The first kappa shape index (κ1) is 19.8. The number of amides is 1. The third-order valence-electron chi connectivity index (χ3n) is 4.67. The summed E-state index contributed by atoms with van der Waals surface area (Å²) in [6.45, 7) is 1.41. The molecule has 6 nitrogen and oxygen atoms in total. The summed E-state index contributed by atoms with van der Waals surface area (Å²) in [5.41, 5.74) is 4.08. The summed E-state index contributed by atoms with van der Waals surface area (Å²) in [6, 6.07) is 14.4. The summed E-state index contributed by atoms with van der Waals surface area (Å²) in [7, 11) is -3.30. The number of nitrogens with zero attached hydrogens (tertiary/aromatic N) is 2. The topological polar surface area (TPSA) is 80.5 Å². The van der Waals surface area contributed by atoms with Crippen LogP contribution in [-0.4, -0.2) is 30.0 Å². The molecule has 0 fully saturated rings. The molecule has 0 atom stereocenters. The lowest BCUT2D eigenvalue weighted by Crippen LogP contribution is -2.08. The second-order valence-electron chi connectivity index (χ2n) is 6.96. The van der Waals surface area contributed by atoms with Gasteiger partial charge in [-0.05, 0) is 35.9 Å². The molecule has 1 N–H and O–H groups in total. The molecular formula is C22H18FN3O3S. The van der Waals surface area contributed by atoms with Gasteiger partial charge in [-0.15, -0.1) is 0 Å². The molecule has 4 rings (SSSR count). The molecule has 0 spiro atoms. The SMILES string of the molecule is CC(=O)Nc1cc(-c2ccc(F)cc2)cn2c(-c3ccc(S(C)(=O)=O)cc3)cnc12. The maximum Gasteiger partial charge on any atom is 0.221 e. The number of fused-ring (bicyclic) bond motifs is 1. The molecule has 0 unspecified atom stereocenters. The Kier molecular flexibility index (Phi) is 4.87. The molecule has 2 heterocycles. The Hall–Kier alpha value is -3.52. The van der Waals surface area contributed by atoms with E-state index in [-0.39, 0.29) is 16.6 Å². The van der Waals surface area contributed by atoms with Crippen molar-refractivity contribution in [3.63, 3.8) is 0 Å². The molecule has 0 radical (unpaired) electrons. The van der Waals surface area contributed by atoms with Crippen LogP contribution >= 0.6 is 0 Å². The number of imidazole rings is 1. The fourth-order valence-corrected chi connectivity index (χ4v) is 3.89. The quantitative estimate of drug-likeness (QED) is 0.534. The largest absolute Gasteiger partial charge is 0.323 e. The van der Waals surface area contributed by atoms with Crippen molar-refractivity contribution in [1.29, 1.82) is 0 Å². The first-order chi connectivity index (χ1) is 14.2. The first-order valence-electron chi connectivity index (χ1n) is 9.07. The van der Waals surface area contributed by atoms with Crippen molar-refractivity contribution in [2.75, 3.05) is 11.6 Å². The van der Waals surface area contributed by atoms with E-state index in [0.717, 1.165) is 28.6 Å². The molecule has 0 saturated heterocycles. The molecule has 152 valence electrons. The van der Waals surface area contributed by atoms with Crippen LogP contribution in [0.5, 0.6) is 0 Å². The van der Waals surface area contributed by atoms with Gasteiger partial charge in [-0.1, -0.05) is 24.3 Å². The summed E-state index contributed by atoms with van der Waals surface area (Å²) in [4.78, 5) is 16.4. The second kappa shape index (κ2) is 7.38. The van der Waals surface area contributed by atoms with Crippen LogP contribution in [0.3, 0.4) is 0 Å². The van der Waals surface area contributed by atoms with E-state index in [2.05, 4.69) is 10.3 Å². The molecule has 30 heavy (non-hydrogen) atoms. The highest BCUT2D eigenvalue weighted by atomic mass is 32.2. The Labute approximate surface area is 172 Å². The van der Waals surface area contributed by atoms with Crippen molar-refractivity contribution < 1.29 is 17.6 Å². The van der Waals surface area contributed by atoms with Gasteiger partial charge in [0.25, 0.3) is 0 Å². The molecule has 0 aliphatic rings. The van der Waals surface area contributed by atoms with E-state index in [1.807, 2.05) is 10.6 Å². The maximum atomic E-state index is 13.3. The predicted molar refractivity (Wildman–Crippen MR) is 113 cm³/mol. The lowest BCUT2D eigenvalue weighted by Gasteiger charge is -2.11. The minimum absolute atomic E-state index is 0.228. The van der Waals surface area contributed by atoms with Crippen molar-refractivity contribution in [3.8, 4) is 22.4 Å². The first-order valence-corrected chi connectivity index (χ1v) is 11.0. The van der Waals surface area contributed by atoms with Gasteiger partial charge in [0, 0.05) is 30.5 Å². The maximum absolute atomic E-state index is 13.3. The van der Waals surface area contributed by atoms with Crippen LogP contribution in [0, 0.1) is 5.82 Å². The van der Waals surface area contributed by atoms with Gasteiger partial charge in [-0.3, -0.25) is 9.20 Å². The van der Waals surface area contributed by atoms with Crippen LogP contribution in [0.25, 0.3) is 28.0 Å². The van der Waals surface area contributed by atoms with E-state index in [0.29, 0.717) is 11.3 Å². The van der Waals surface area contributed by atoms with Gasteiger partial charge < -0.3 is 5.32 Å². The summed E-state index contributed by atoms with van der Waals surface area (Å²) in [5, 5.41) is 2.79. The number of nitrogens with one attached hydrogen (secondary N) is 1. The van der Waals surface area contributed by atoms with Crippen LogP contribution < -0.4 is 5.32 Å². The zero-order valence-electron chi connectivity index (χ0n) is 16.3.